The highest BCUT2D eigenvalue weighted by atomic mass is 32.2. The van der Waals surface area contributed by atoms with Crippen LogP contribution in [0.3, 0.4) is 0 Å². The van der Waals surface area contributed by atoms with Crippen molar-refractivity contribution in [1.82, 2.24) is 9.71 Å². The number of fused-ring (bicyclic) bond motifs is 1. The van der Waals surface area contributed by atoms with Gasteiger partial charge >= 0.3 is 6.36 Å². The van der Waals surface area contributed by atoms with E-state index in [2.05, 4.69) is 9.72 Å². The molecule has 0 unspecified atom stereocenters. The first-order chi connectivity index (χ1) is 9.55. The molecule has 21 heavy (non-hydrogen) atoms. The number of nitrogens with one attached hydrogen (secondary N) is 2. The molecule has 0 saturated heterocycles. The van der Waals surface area contributed by atoms with Crippen LogP contribution in [0.2, 0.25) is 0 Å². The lowest BCUT2D eigenvalue weighted by molar-refractivity contribution is -0.274. The average Bonchev–Trinajstić information content (AvgIpc) is 2.69. The van der Waals surface area contributed by atoms with Crippen LogP contribution in [0.1, 0.15) is 10.5 Å². The van der Waals surface area contributed by atoms with Crippen molar-refractivity contribution in [2.24, 2.45) is 0 Å². The summed E-state index contributed by atoms with van der Waals surface area (Å²) in [4.78, 5) is 14.2. The van der Waals surface area contributed by atoms with E-state index < -0.39 is 28.0 Å². The Labute approximate surface area is 116 Å². The number of sulfonamides is 1. The van der Waals surface area contributed by atoms with Crippen LogP contribution >= 0.6 is 0 Å². The van der Waals surface area contributed by atoms with Gasteiger partial charge in [0.2, 0.25) is 10.0 Å². The number of hydrogen-bond acceptors (Lipinski definition) is 4. The molecule has 6 nitrogen and oxygen atoms in total. The minimum Gasteiger partial charge on any atom is -0.405 e. The van der Waals surface area contributed by atoms with E-state index in [-0.39, 0.29) is 16.6 Å². The second-order valence-electron chi connectivity index (χ2n) is 4.15. The minimum absolute atomic E-state index is 0.00785. The second-order valence-corrected chi connectivity index (χ2v) is 5.90. The van der Waals surface area contributed by atoms with Crippen LogP contribution < -0.4 is 9.46 Å². The van der Waals surface area contributed by atoms with Gasteiger partial charge in [-0.15, -0.1) is 13.2 Å². The van der Waals surface area contributed by atoms with Crippen molar-refractivity contribution in [1.29, 1.82) is 0 Å². The molecule has 0 aliphatic rings. The molecule has 1 amide bonds. The third-order valence-electron chi connectivity index (χ3n) is 2.37. The number of carbonyl (C=O) groups excluding carboxylic acids is 1. The molecule has 2 rings (SSSR count). The summed E-state index contributed by atoms with van der Waals surface area (Å²) >= 11 is 0. The topological polar surface area (TPSA) is 88.3 Å². The van der Waals surface area contributed by atoms with Crippen LogP contribution in [0.15, 0.2) is 24.3 Å². The van der Waals surface area contributed by atoms with Crippen LogP contribution in [-0.4, -0.2) is 31.9 Å². The zero-order valence-corrected chi connectivity index (χ0v) is 11.3. The van der Waals surface area contributed by atoms with Gasteiger partial charge in [-0.1, -0.05) is 6.07 Å². The summed E-state index contributed by atoms with van der Waals surface area (Å²) in [5.41, 5.74) is 0.00375. The molecule has 0 bridgehead atoms. The number of ether oxygens (including phenoxy) is 1. The monoisotopic (exact) mass is 322 g/mol. The predicted molar refractivity (Wildman–Crippen MR) is 67.3 cm³/mol. The first kappa shape index (κ1) is 15.2. The highest BCUT2D eigenvalue weighted by Gasteiger charge is 2.32. The summed E-state index contributed by atoms with van der Waals surface area (Å²) in [5.74, 6) is -1.47. The van der Waals surface area contributed by atoms with E-state index in [0.29, 0.717) is 0 Å². The quantitative estimate of drug-likeness (QED) is 0.901. The van der Waals surface area contributed by atoms with Crippen molar-refractivity contribution in [2.45, 2.75) is 6.36 Å². The molecular weight excluding hydrogens is 313 g/mol. The van der Waals surface area contributed by atoms with E-state index in [1.165, 1.54) is 12.1 Å². The number of aromatic amines is 1. The number of carbonyl (C=O) groups is 1. The fourth-order valence-electron chi connectivity index (χ4n) is 1.69. The molecule has 0 saturated carbocycles. The standard InChI is InChI=1S/C11H9F3N2O4S/c1-21(18,19)16-10(17)8-5-6-7(15-8)3-2-4-9(6)20-11(12,13)14/h2-5,15H,1H3,(H,16,17). The van der Waals surface area contributed by atoms with Gasteiger partial charge in [-0.25, -0.2) is 13.1 Å². The van der Waals surface area contributed by atoms with E-state index in [1.807, 2.05) is 0 Å². The molecule has 2 N–H and O–H groups in total. The Kier molecular flexibility index (Phi) is 3.58. The number of hydrogen-bond donors (Lipinski definition) is 2. The number of halogens is 3. The molecule has 10 heteroatoms. The molecule has 0 aliphatic carbocycles. The third kappa shape index (κ3) is 3.88. The van der Waals surface area contributed by atoms with E-state index >= 15 is 0 Å². The maximum atomic E-state index is 12.3. The molecule has 1 aromatic heterocycles. The summed E-state index contributed by atoms with van der Waals surface area (Å²) in [6.07, 6.45) is -4.09. The van der Waals surface area contributed by atoms with Gasteiger partial charge in [0.25, 0.3) is 5.91 Å². The number of H-pyrrole nitrogens is 1. The largest absolute Gasteiger partial charge is 0.573 e. The predicted octanol–water partition coefficient (Wildman–Crippen LogP) is 1.76. The lowest BCUT2D eigenvalue weighted by Crippen LogP contribution is -2.29. The van der Waals surface area contributed by atoms with E-state index in [0.717, 1.165) is 18.4 Å². The van der Waals surface area contributed by atoms with Gasteiger partial charge in [-0.05, 0) is 18.2 Å². The van der Waals surface area contributed by atoms with Crippen molar-refractivity contribution in [2.75, 3.05) is 6.26 Å². The Morgan fingerprint density at radius 1 is 1.33 bits per heavy atom. The van der Waals surface area contributed by atoms with Crippen LogP contribution in [0.25, 0.3) is 10.9 Å². The highest BCUT2D eigenvalue weighted by molar-refractivity contribution is 7.89. The van der Waals surface area contributed by atoms with Gasteiger partial charge in [0, 0.05) is 10.9 Å². The molecule has 2 aromatic rings. The molecular formula is C11H9F3N2O4S. The van der Waals surface area contributed by atoms with E-state index in [9.17, 15) is 26.4 Å². The van der Waals surface area contributed by atoms with Gasteiger partial charge < -0.3 is 9.72 Å². The SMILES string of the molecule is CS(=O)(=O)NC(=O)c1cc2c(OC(F)(F)F)cccc2[nH]1. The van der Waals surface area contributed by atoms with Gasteiger partial charge in [-0.3, -0.25) is 4.79 Å². The summed E-state index contributed by atoms with van der Waals surface area (Å²) in [6.45, 7) is 0. The summed E-state index contributed by atoms with van der Waals surface area (Å²) < 4.78 is 64.3. The Morgan fingerprint density at radius 3 is 2.57 bits per heavy atom. The fraction of sp³-hybridized carbons (Fsp3) is 0.182. The Hall–Kier alpha value is -2.23. The summed E-state index contributed by atoms with van der Waals surface area (Å²) in [6, 6.07) is 4.90. The molecule has 114 valence electrons. The molecule has 0 atom stereocenters. The lowest BCUT2D eigenvalue weighted by atomic mass is 10.2. The van der Waals surface area contributed by atoms with Gasteiger partial charge in [-0.2, -0.15) is 0 Å². The molecule has 0 fully saturated rings. The molecule has 1 aromatic carbocycles. The second kappa shape index (κ2) is 4.95. The van der Waals surface area contributed by atoms with Crippen LogP contribution in [-0.2, 0) is 10.0 Å². The Balaban J connectivity index is 2.42. The number of rotatable bonds is 3. The van der Waals surface area contributed by atoms with Crippen molar-refractivity contribution < 1.29 is 31.1 Å². The molecule has 0 radical (unpaired) electrons. The van der Waals surface area contributed by atoms with E-state index in [1.54, 1.807) is 4.72 Å². The number of alkyl halides is 3. The van der Waals surface area contributed by atoms with Crippen molar-refractivity contribution in [3.63, 3.8) is 0 Å². The molecule has 0 aliphatic heterocycles. The van der Waals surface area contributed by atoms with E-state index in [4.69, 9.17) is 0 Å². The first-order valence-corrected chi connectivity index (χ1v) is 7.34. The van der Waals surface area contributed by atoms with Crippen molar-refractivity contribution >= 4 is 26.8 Å². The smallest absolute Gasteiger partial charge is 0.405 e. The maximum Gasteiger partial charge on any atom is 0.573 e. The summed E-state index contributed by atoms with van der Waals surface area (Å²) in [5, 5.41) is 0.00785. The lowest BCUT2D eigenvalue weighted by Gasteiger charge is -2.09. The third-order valence-corrected chi connectivity index (χ3v) is 2.93. The van der Waals surface area contributed by atoms with Crippen molar-refractivity contribution in [3.8, 4) is 5.75 Å². The average molecular weight is 322 g/mol. The van der Waals surface area contributed by atoms with Gasteiger partial charge in [0.1, 0.15) is 11.4 Å². The highest BCUT2D eigenvalue weighted by Crippen LogP contribution is 2.31. The Morgan fingerprint density at radius 2 is 2.00 bits per heavy atom. The minimum atomic E-state index is -4.87. The van der Waals surface area contributed by atoms with Gasteiger partial charge in [0.15, 0.2) is 0 Å². The Bertz CT molecular complexity index is 795. The maximum absolute atomic E-state index is 12.3. The van der Waals surface area contributed by atoms with Crippen molar-refractivity contribution in [3.05, 3.63) is 30.0 Å². The number of benzene rings is 1. The van der Waals surface area contributed by atoms with Gasteiger partial charge in [0.05, 0.1) is 6.26 Å². The number of amides is 1. The first-order valence-electron chi connectivity index (χ1n) is 5.45. The fourth-order valence-corrected chi connectivity index (χ4v) is 2.13. The van der Waals surface area contributed by atoms with Crippen LogP contribution in [0.4, 0.5) is 13.2 Å². The normalized spacial score (nSPS) is 12.4. The van der Waals surface area contributed by atoms with Crippen LogP contribution in [0.5, 0.6) is 5.75 Å². The number of aromatic nitrogens is 1. The molecule has 1 heterocycles. The summed E-state index contributed by atoms with van der Waals surface area (Å²) in [7, 11) is -3.78. The zero-order chi connectivity index (χ0) is 15.8. The van der Waals surface area contributed by atoms with Crippen LogP contribution in [0, 0.1) is 0 Å². The zero-order valence-electron chi connectivity index (χ0n) is 10.5. The molecule has 0 spiro atoms.